The first-order valence-electron chi connectivity index (χ1n) is 2.62. The van der Waals surface area contributed by atoms with Gasteiger partial charge in [-0.15, -0.1) is 35.3 Å². The lowest BCUT2D eigenvalue weighted by Crippen LogP contribution is -2.12. The summed E-state index contributed by atoms with van der Waals surface area (Å²) >= 11 is 5.39. The SMILES string of the molecule is CC(=O)C1SCSCS1. The molecule has 0 unspecified atom stereocenters. The van der Waals surface area contributed by atoms with E-state index in [9.17, 15) is 4.79 Å². The molecular formula is C5H8OS3. The Morgan fingerprint density at radius 3 is 2.33 bits per heavy atom. The Hall–Kier alpha value is 0.720. The second-order valence-electron chi connectivity index (χ2n) is 1.72. The summed E-state index contributed by atoms with van der Waals surface area (Å²) in [7, 11) is 0. The maximum Gasteiger partial charge on any atom is 0.152 e. The van der Waals surface area contributed by atoms with Crippen LogP contribution in [0.3, 0.4) is 0 Å². The number of rotatable bonds is 1. The highest BCUT2D eigenvalue weighted by Crippen LogP contribution is 2.35. The lowest BCUT2D eigenvalue weighted by Gasteiger charge is -2.16. The first-order valence-corrected chi connectivity index (χ1v) is 5.87. The monoisotopic (exact) mass is 180 g/mol. The third kappa shape index (κ3) is 2.43. The highest BCUT2D eigenvalue weighted by atomic mass is 32.3. The first-order chi connectivity index (χ1) is 4.30. The normalized spacial score (nSPS) is 21.9. The molecule has 0 atom stereocenters. The fraction of sp³-hybridized carbons (Fsp3) is 0.800. The number of carbonyl (C=O) groups excluding carboxylic acids is 1. The van der Waals surface area contributed by atoms with Crippen molar-refractivity contribution in [3.8, 4) is 0 Å². The summed E-state index contributed by atoms with van der Waals surface area (Å²) in [5, 5.41) is 2.16. The molecule has 4 heteroatoms. The van der Waals surface area contributed by atoms with E-state index in [1.807, 2.05) is 11.8 Å². The molecular weight excluding hydrogens is 172 g/mol. The molecule has 0 aromatic carbocycles. The Morgan fingerprint density at radius 1 is 1.44 bits per heavy atom. The maximum atomic E-state index is 10.7. The van der Waals surface area contributed by atoms with Crippen molar-refractivity contribution in [2.24, 2.45) is 0 Å². The zero-order valence-corrected chi connectivity index (χ0v) is 7.57. The van der Waals surface area contributed by atoms with Crippen molar-refractivity contribution in [2.45, 2.75) is 11.5 Å². The predicted octanol–water partition coefficient (Wildman–Crippen LogP) is 2.03. The molecule has 0 N–H and O–H groups in total. The standard InChI is InChI=1S/C5H8OS3/c1-4(6)5-8-2-7-3-9-5/h5H,2-3H2,1H3. The number of thioether (sulfide) groups is 3. The average molecular weight is 180 g/mol. The van der Waals surface area contributed by atoms with Crippen LogP contribution in [0.1, 0.15) is 6.92 Å². The van der Waals surface area contributed by atoms with Crippen molar-refractivity contribution < 1.29 is 4.79 Å². The van der Waals surface area contributed by atoms with Crippen molar-refractivity contribution in [3.63, 3.8) is 0 Å². The number of ketones is 1. The third-order valence-corrected chi connectivity index (χ3v) is 5.45. The van der Waals surface area contributed by atoms with Gasteiger partial charge in [-0.1, -0.05) is 0 Å². The van der Waals surface area contributed by atoms with E-state index >= 15 is 0 Å². The molecule has 1 heterocycles. The molecule has 0 bridgehead atoms. The van der Waals surface area contributed by atoms with Gasteiger partial charge in [0.2, 0.25) is 0 Å². The van der Waals surface area contributed by atoms with Gasteiger partial charge < -0.3 is 0 Å². The maximum absolute atomic E-state index is 10.7. The van der Waals surface area contributed by atoms with Gasteiger partial charge in [-0.2, -0.15) is 0 Å². The number of carbonyl (C=O) groups is 1. The first kappa shape index (κ1) is 7.82. The van der Waals surface area contributed by atoms with Gasteiger partial charge in [-0.3, -0.25) is 4.79 Å². The van der Waals surface area contributed by atoms with Crippen LogP contribution in [-0.4, -0.2) is 20.5 Å². The van der Waals surface area contributed by atoms with Crippen LogP contribution in [0.2, 0.25) is 0 Å². The van der Waals surface area contributed by atoms with Crippen molar-refractivity contribution in [3.05, 3.63) is 0 Å². The van der Waals surface area contributed by atoms with Gasteiger partial charge in [0.25, 0.3) is 0 Å². The largest absolute Gasteiger partial charge is 0.298 e. The van der Waals surface area contributed by atoms with Crippen molar-refractivity contribution >= 4 is 41.1 Å². The molecule has 0 saturated carbocycles. The Morgan fingerprint density at radius 2 is 2.00 bits per heavy atom. The molecule has 0 aliphatic carbocycles. The zero-order valence-electron chi connectivity index (χ0n) is 5.12. The summed E-state index contributed by atoms with van der Waals surface area (Å²) in [5.41, 5.74) is 0. The highest BCUT2D eigenvalue weighted by Gasteiger charge is 2.18. The van der Waals surface area contributed by atoms with E-state index in [-0.39, 0.29) is 4.58 Å². The van der Waals surface area contributed by atoms with Crippen LogP contribution in [0.25, 0.3) is 0 Å². The molecule has 1 saturated heterocycles. The van der Waals surface area contributed by atoms with E-state index in [4.69, 9.17) is 0 Å². The van der Waals surface area contributed by atoms with Gasteiger partial charge in [-0.25, -0.2) is 0 Å². The fourth-order valence-electron chi connectivity index (χ4n) is 0.537. The summed E-state index contributed by atoms with van der Waals surface area (Å²) in [6.45, 7) is 1.67. The quantitative estimate of drug-likeness (QED) is 0.614. The van der Waals surface area contributed by atoms with Gasteiger partial charge in [0.05, 0.1) is 0 Å². The van der Waals surface area contributed by atoms with Crippen LogP contribution in [0.15, 0.2) is 0 Å². The van der Waals surface area contributed by atoms with E-state index < -0.39 is 0 Å². The van der Waals surface area contributed by atoms with Crippen LogP contribution in [0, 0.1) is 0 Å². The molecule has 52 valence electrons. The summed E-state index contributed by atoms with van der Waals surface area (Å²) in [6.07, 6.45) is 0. The lowest BCUT2D eigenvalue weighted by molar-refractivity contribution is -0.115. The van der Waals surface area contributed by atoms with Gasteiger partial charge in [0.1, 0.15) is 4.58 Å². The molecule has 1 nitrogen and oxygen atoms in total. The molecule has 1 fully saturated rings. The van der Waals surface area contributed by atoms with Crippen LogP contribution in [0.5, 0.6) is 0 Å². The van der Waals surface area contributed by atoms with Crippen LogP contribution < -0.4 is 0 Å². The fourth-order valence-corrected chi connectivity index (χ4v) is 5.03. The van der Waals surface area contributed by atoms with Gasteiger partial charge in [0.15, 0.2) is 5.78 Å². The molecule has 0 spiro atoms. The zero-order chi connectivity index (χ0) is 6.69. The molecule has 0 aromatic heterocycles. The van der Waals surface area contributed by atoms with Crippen LogP contribution in [0.4, 0.5) is 0 Å². The predicted molar refractivity (Wildman–Crippen MR) is 47.0 cm³/mol. The van der Waals surface area contributed by atoms with E-state index in [1.165, 1.54) is 0 Å². The summed E-state index contributed by atoms with van der Waals surface area (Å²) < 4.78 is 0.228. The molecule has 1 aliphatic rings. The van der Waals surface area contributed by atoms with Crippen LogP contribution >= 0.6 is 35.3 Å². The summed E-state index contributed by atoms with van der Waals surface area (Å²) in [5.74, 6) is 0.310. The van der Waals surface area contributed by atoms with E-state index in [0.717, 1.165) is 10.2 Å². The van der Waals surface area contributed by atoms with Crippen molar-refractivity contribution in [2.75, 3.05) is 10.2 Å². The second-order valence-corrected chi connectivity index (χ2v) is 5.92. The Kier molecular flexibility index (Phi) is 3.29. The highest BCUT2D eigenvalue weighted by molar-refractivity contribution is 8.33. The smallest absolute Gasteiger partial charge is 0.152 e. The molecule has 0 aromatic rings. The lowest BCUT2D eigenvalue weighted by atomic mass is 10.5. The Bertz CT molecular complexity index is 109. The molecule has 1 rings (SSSR count). The van der Waals surface area contributed by atoms with E-state index in [0.29, 0.717) is 5.78 Å². The van der Waals surface area contributed by atoms with E-state index in [1.54, 1.807) is 30.4 Å². The Balaban J connectivity index is 2.31. The number of hydrogen-bond acceptors (Lipinski definition) is 4. The molecule has 0 amide bonds. The van der Waals surface area contributed by atoms with E-state index in [2.05, 4.69) is 0 Å². The van der Waals surface area contributed by atoms with Crippen molar-refractivity contribution in [1.82, 2.24) is 0 Å². The van der Waals surface area contributed by atoms with Gasteiger partial charge in [-0.05, 0) is 6.92 Å². The molecule has 1 aliphatic heterocycles. The van der Waals surface area contributed by atoms with Gasteiger partial charge >= 0.3 is 0 Å². The van der Waals surface area contributed by atoms with Crippen LogP contribution in [-0.2, 0) is 4.79 Å². The minimum atomic E-state index is 0.228. The third-order valence-electron chi connectivity index (χ3n) is 0.937. The summed E-state index contributed by atoms with van der Waals surface area (Å²) in [4.78, 5) is 10.7. The molecule has 0 radical (unpaired) electrons. The second kappa shape index (κ2) is 3.78. The minimum absolute atomic E-state index is 0.228. The Labute approximate surface area is 67.7 Å². The average Bonchev–Trinajstić information content (AvgIpc) is 1.90. The van der Waals surface area contributed by atoms with Gasteiger partial charge in [0, 0.05) is 10.2 Å². The van der Waals surface area contributed by atoms with Crippen molar-refractivity contribution in [1.29, 1.82) is 0 Å². The molecule has 9 heavy (non-hydrogen) atoms. The number of Topliss-reactive ketones (excluding diaryl/α,β-unsaturated/α-hetero) is 1. The topological polar surface area (TPSA) is 17.1 Å². The minimum Gasteiger partial charge on any atom is -0.298 e. The summed E-state index contributed by atoms with van der Waals surface area (Å²) in [6, 6.07) is 0. The number of hydrogen-bond donors (Lipinski definition) is 0.